The molecule has 0 aliphatic rings. The minimum atomic E-state index is -0.459. The third-order valence-corrected chi connectivity index (χ3v) is 3.89. The highest BCUT2D eigenvalue weighted by Crippen LogP contribution is 2.30. The van der Waals surface area contributed by atoms with Gasteiger partial charge in [0.05, 0.1) is 19.4 Å². The van der Waals surface area contributed by atoms with Gasteiger partial charge in [-0.2, -0.15) is 5.26 Å². The minimum Gasteiger partial charge on any atom is -0.493 e. The molecule has 3 rings (SSSR count). The number of hydrogen-bond donors (Lipinski definition) is 1. The minimum absolute atomic E-state index is 0.00821. The maximum absolute atomic E-state index is 12.4. The van der Waals surface area contributed by atoms with Crippen molar-refractivity contribution >= 4 is 22.8 Å². The van der Waals surface area contributed by atoms with E-state index in [1.54, 1.807) is 18.2 Å². The first-order valence-corrected chi connectivity index (χ1v) is 8.30. The van der Waals surface area contributed by atoms with Crippen LogP contribution in [0.4, 0.5) is 0 Å². The second-order valence-corrected chi connectivity index (χ2v) is 5.56. The van der Waals surface area contributed by atoms with Crippen molar-refractivity contribution in [3.63, 3.8) is 0 Å². The Morgan fingerprint density at radius 1 is 1.23 bits per heavy atom. The number of nitriles is 1. The highest BCUT2D eigenvalue weighted by molar-refractivity contribution is 6.04. The maximum Gasteiger partial charge on any atom is 0.262 e. The van der Waals surface area contributed by atoms with Gasteiger partial charge in [0.2, 0.25) is 0 Å². The molecule has 5 heteroatoms. The van der Waals surface area contributed by atoms with E-state index in [2.05, 4.69) is 5.32 Å². The Morgan fingerprint density at radius 2 is 2.08 bits per heavy atom. The van der Waals surface area contributed by atoms with Gasteiger partial charge in [-0.05, 0) is 42.0 Å². The van der Waals surface area contributed by atoms with E-state index in [1.165, 1.54) is 6.26 Å². The van der Waals surface area contributed by atoms with Gasteiger partial charge >= 0.3 is 0 Å². The summed E-state index contributed by atoms with van der Waals surface area (Å²) in [5.41, 5.74) is 0.725. The second kappa shape index (κ2) is 8.04. The third kappa shape index (κ3) is 3.76. The number of hydrogen-bond acceptors (Lipinski definition) is 4. The van der Waals surface area contributed by atoms with Crippen molar-refractivity contribution in [2.75, 3.05) is 6.61 Å². The average molecular weight is 346 g/mol. The Kier molecular flexibility index (Phi) is 5.35. The van der Waals surface area contributed by atoms with Crippen LogP contribution in [0.25, 0.3) is 16.8 Å². The molecule has 1 heterocycles. The number of ether oxygens (including phenoxy) is 1. The fourth-order valence-corrected chi connectivity index (χ4v) is 2.67. The molecule has 0 atom stereocenters. The highest BCUT2D eigenvalue weighted by atomic mass is 16.5. The predicted octanol–water partition coefficient (Wildman–Crippen LogP) is 4.05. The Balaban J connectivity index is 1.96. The van der Waals surface area contributed by atoms with E-state index < -0.39 is 5.91 Å². The van der Waals surface area contributed by atoms with Crippen LogP contribution >= 0.6 is 0 Å². The lowest BCUT2D eigenvalue weighted by Crippen LogP contribution is -2.23. The van der Waals surface area contributed by atoms with E-state index in [9.17, 15) is 10.1 Å². The zero-order chi connectivity index (χ0) is 18.4. The van der Waals surface area contributed by atoms with Gasteiger partial charge in [-0.1, -0.05) is 30.3 Å². The van der Waals surface area contributed by atoms with Crippen LogP contribution in [0.3, 0.4) is 0 Å². The van der Waals surface area contributed by atoms with Gasteiger partial charge in [0, 0.05) is 5.56 Å². The van der Waals surface area contributed by atoms with Gasteiger partial charge in [-0.3, -0.25) is 4.79 Å². The first-order valence-electron chi connectivity index (χ1n) is 8.30. The first kappa shape index (κ1) is 17.3. The Morgan fingerprint density at radius 3 is 2.81 bits per heavy atom. The number of carbonyl (C=O) groups excluding carboxylic acids is 1. The number of nitrogens with one attached hydrogen (secondary N) is 1. The fourth-order valence-electron chi connectivity index (χ4n) is 2.67. The molecule has 0 fully saturated rings. The summed E-state index contributed by atoms with van der Waals surface area (Å²) in [4.78, 5) is 12.4. The average Bonchev–Trinajstić information content (AvgIpc) is 3.19. The number of amides is 1. The van der Waals surface area contributed by atoms with Crippen molar-refractivity contribution in [1.29, 1.82) is 5.26 Å². The lowest BCUT2D eigenvalue weighted by Gasteiger charge is -2.11. The molecule has 5 nitrogen and oxygen atoms in total. The molecule has 0 aliphatic heterocycles. The molecular weight excluding hydrogens is 328 g/mol. The SMILES string of the molecule is CCOc1ccc2ccccc2c1/C=C(/C#N)C(=O)NCc1ccco1. The topological polar surface area (TPSA) is 75.3 Å². The summed E-state index contributed by atoms with van der Waals surface area (Å²) in [7, 11) is 0. The molecule has 0 bridgehead atoms. The molecular formula is C21H18N2O3. The molecule has 26 heavy (non-hydrogen) atoms. The summed E-state index contributed by atoms with van der Waals surface area (Å²) in [6.45, 7) is 2.61. The van der Waals surface area contributed by atoms with E-state index >= 15 is 0 Å². The van der Waals surface area contributed by atoms with E-state index in [1.807, 2.05) is 49.4 Å². The summed E-state index contributed by atoms with van der Waals surface area (Å²) in [6, 6.07) is 17.1. The molecule has 3 aromatic rings. The van der Waals surface area contributed by atoms with Gasteiger partial charge in [-0.15, -0.1) is 0 Å². The van der Waals surface area contributed by atoms with Crippen LogP contribution < -0.4 is 10.1 Å². The largest absolute Gasteiger partial charge is 0.493 e. The zero-order valence-electron chi connectivity index (χ0n) is 14.4. The standard InChI is InChI=1S/C21H18N2O3/c1-2-25-20-10-9-15-6-3-4-8-18(15)19(20)12-16(13-22)21(24)23-14-17-7-5-11-26-17/h3-12H,2,14H2,1H3,(H,23,24)/b16-12-. The predicted molar refractivity (Wildman–Crippen MR) is 99.3 cm³/mol. The van der Waals surface area contributed by atoms with Crippen molar-refractivity contribution in [1.82, 2.24) is 5.32 Å². The maximum atomic E-state index is 12.4. The third-order valence-electron chi connectivity index (χ3n) is 3.89. The van der Waals surface area contributed by atoms with E-state index in [0.717, 1.165) is 16.3 Å². The van der Waals surface area contributed by atoms with Crippen molar-refractivity contribution in [3.8, 4) is 11.8 Å². The van der Waals surface area contributed by atoms with Gasteiger partial charge in [0.25, 0.3) is 5.91 Å². The van der Waals surface area contributed by atoms with Crippen LogP contribution in [0, 0.1) is 11.3 Å². The van der Waals surface area contributed by atoms with Crippen LogP contribution in [0.1, 0.15) is 18.2 Å². The van der Waals surface area contributed by atoms with Gasteiger partial charge in [0.1, 0.15) is 23.2 Å². The van der Waals surface area contributed by atoms with Crippen molar-refractivity contribution < 1.29 is 13.9 Å². The molecule has 0 spiro atoms. The number of furan rings is 1. The zero-order valence-corrected chi connectivity index (χ0v) is 14.4. The summed E-state index contributed by atoms with van der Waals surface area (Å²) >= 11 is 0. The summed E-state index contributed by atoms with van der Waals surface area (Å²) < 4.78 is 10.9. The van der Waals surface area contributed by atoms with E-state index in [-0.39, 0.29) is 12.1 Å². The smallest absolute Gasteiger partial charge is 0.262 e. The van der Waals surface area contributed by atoms with Gasteiger partial charge in [-0.25, -0.2) is 0 Å². The lowest BCUT2D eigenvalue weighted by atomic mass is 10.0. The Bertz CT molecular complexity index is 982. The molecule has 130 valence electrons. The quantitative estimate of drug-likeness (QED) is 0.539. The van der Waals surface area contributed by atoms with Crippen LogP contribution in [-0.2, 0) is 11.3 Å². The number of rotatable bonds is 6. The Labute approximate surface area is 151 Å². The number of carbonyl (C=O) groups is 1. The summed E-state index contributed by atoms with van der Waals surface area (Å²) in [6.07, 6.45) is 3.11. The van der Waals surface area contributed by atoms with Crippen molar-refractivity contribution in [3.05, 3.63) is 71.7 Å². The number of fused-ring (bicyclic) bond motifs is 1. The normalized spacial score (nSPS) is 11.2. The second-order valence-electron chi connectivity index (χ2n) is 5.56. The monoisotopic (exact) mass is 346 g/mol. The van der Waals surface area contributed by atoms with Gasteiger partial charge < -0.3 is 14.5 Å². The molecule has 1 amide bonds. The van der Waals surface area contributed by atoms with Crippen molar-refractivity contribution in [2.45, 2.75) is 13.5 Å². The number of benzene rings is 2. The highest BCUT2D eigenvalue weighted by Gasteiger charge is 2.13. The van der Waals surface area contributed by atoms with Crippen LogP contribution in [0.2, 0.25) is 0 Å². The summed E-state index contributed by atoms with van der Waals surface area (Å²) in [5.74, 6) is 0.799. The molecule has 2 aromatic carbocycles. The molecule has 0 saturated carbocycles. The van der Waals surface area contributed by atoms with E-state index in [0.29, 0.717) is 18.1 Å². The van der Waals surface area contributed by atoms with E-state index in [4.69, 9.17) is 9.15 Å². The fraction of sp³-hybridized carbons (Fsp3) is 0.143. The molecule has 0 unspecified atom stereocenters. The molecule has 1 aromatic heterocycles. The lowest BCUT2D eigenvalue weighted by molar-refractivity contribution is -0.117. The molecule has 0 aliphatic carbocycles. The van der Waals surface area contributed by atoms with Crippen LogP contribution in [0.5, 0.6) is 5.75 Å². The molecule has 0 radical (unpaired) electrons. The Hall–Kier alpha value is -3.52. The number of nitrogens with zero attached hydrogens (tertiary/aromatic N) is 1. The van der Waals surface area contributed by atoms with Gasteiger partial charge in [0.15, 0.2) is 0 Å². The van der Waals surface area contributed by atoms with Crippen LogP contribution in [0.15, 0.2) is 64.8 Å². The van der Waals surface area contributed by atoms with Crippen LogP contribution in [-0.4, -0.2) is 12.5 Å². The summed E-state index contributed by atoms with van der Waals surface area (Å²) in [5, 5.41) is 14.1. The molecule has 1 N–H and O–H groups in total. The first-order chi connectivity index (χ1) is 12.7. The molecule has 0 saturated heterocycles. The van der Waals surface area contributed by atoms with Crippen molar-refractivity contribution in [2.24, 2.45) is 0 Å².